The molecule has 0 aromatic heterocycles. The molecule has 0 heterocycles. The Kier molecular flexibility index (Phi) is 9.21. The second kappa shape index (κ2) is 12.1. The number of nitrogens with one attached hydrogen (secondary N) is 1. The van der Waals surface area contributed by atoms with Gasteiger partial charge in [0.15, 0.2) is 0 Å². The Labute approximate surface area is 203 Å². The van der Waals surface area contributed by atoms with Crippen molar-refractivity contribution in [2.75, 3.05) is 24.6 Å². The van der Waals surface area contributed by atoms with Crippen LogP contribution in [0.3, 0.4) is 0 Å². The summed E-state index contributed by atoms with van der Waals surface area (Å²) < 4.78 is 39.7. The minimum atomic E-state index is -4.09. The summed E-state index contributed by atoms with van der Waals surface area (Å²) in [5, 5.41) is 3.08. The van der Waals surface area contributed by atoms with Crippen LogP contribution in [0.4, 0.5) is 5.69 Å². The third-order valence-electron chi connectivity index (χ3n) is 6.08. The standard InChI is InChI=1S/C26H36N2O5S/c1-4-33-23-15-13-22(14-16-23)28(19-26(29)27-21-10-8-6-5-7-9-11-21)34(30,31)25-18-20(2)12-17-24(25)32-3/h12-18,21H,4-11,19H2,1-3H3,(H,27,29). The number of amides is 1. The highest BCUT2D eigenvalue weighted by molar-refractivity contribution is 7.93. The molecule has 1 aliphatic rings. The highest BCUT2D eigenvalue weighted by Gasteiger charge is 2.31. The third-order valence-corrected chi connectivity index (χ3v) is 7.88. The van der Waals surface area contributed by atoms with E-state index in [9.17, 15) is 13.2 Å². The predicted octanol–water partition coefficient (Wildman–Crippen LogP) is 4.83. The Morgan fingerprint density at radius 3 is 2.29 bits per heavy atom. The monoisotopic (exact) mass is 488 g/mol. The number of carbonyl (C=O) groups excluding carboxylic acids is 1. The van der Waals surface area contributed by atoms with Crippen LogP contribution in [0, 0.1) is 6.92 Å². The van der Waals surface area contributed by atoms with Crippen molar-refractivity contribution in [3.8, 4) is 11.5 Å². The van der Waals surface area contributed by atoms with Gasteiger partial charge in [-0.1, -0.05) is 38.2 Å². The molecule has 186 valence electrons. The van der Waals surface area contributed by atoms with E-state index in [1.54, 1.807) is 42.5 Å². The summed E-state index contributed by atoms with van der Waals surface area (Å²) >= 11 is 0. The van der Waals surface area contributed by atoms with Crippen LogP contribution in [0.25, 0.3) is 0 Å². The van der Waals surface area contributed by atoms with E-state index in [0.717, 1.165) is 35.6 Å². The fraction of sp³-hybridized carbons (Fsp3) is 0.500. The summed E-state index contributed by atoms with van der Waals surface area (Å²) in [6.45, 7) is 3.89. The van der Waals surface area contributed by atoms with Crippen LogP contribution in [-0.2, 0) is 14.8 Å². The zero-order valence-corrected chi connectivity index (χ0v) is 21.2. The SMILES string of the molecule is CCOc1ccc(N(CC(=O)NC2CCCCCCC2)S(=O)(=O)c2cc(C)ccc2OC)cc1. The number of ether oxygens (including phenoxy) is 2. The quantitative estimate of drug-likeness (QED) is 0.547. The van der Waals surface area contributed by atoms with Gasteiger partial charge in [0.1, 0.15) is 22.9 Å². The Morgan fingerprint density at radius 1 is 1.03 bits per heavy atom. The number of benzene rings is 2. The first kappa shape index (κ1) is 25.9. The van der Waals surface area contributed by atoms with E-state index in [1.807, 2.05) is 13.8 Å². The van der Waals surface area contributed by atoms with Crippen LogP contribution < -0.4 is 19.1 Å². The van der Waals surface area contributed by atoms with Crippen molar-refractivity contribution in [1.82, 2.24) is 5.32 Å². The average molecular weight is 489 g/mol. The maximum atomic E-state index is 13.8. The number of rotatable bonds is 9. The second-order valence-electron chi connectivity index (χ2n) is 8.70. The summed E-state index contributed by atoms with van der Waals surface area (Å²) in [6.07, 6.45) is 7.58. The number of anilines is 1. The van der Waals surface area contributed by atoms with Gasteiger partial charge in [0, 0.05) is 6.04 Å². The first-order valence-corrected chi connectivity index (χ1v) is 13.5. The van der Waals surface area contributed by atoms with Gasteiger partial charge in [0.2, 0.25) is 5.91 Å². The van der Waals surface area contributed by atoms with Gasteiger partial charge >= 0.3 is 0 Å². The number of hydrogen-bond donors (Lipinski definition) is 1. The molecule has 1 fully saturated rings. The molecule has 2 aromatic rings. The highest BCUT2D eigenvalue weighted by Crippen LogP contribution is 2.31. The lowest BCUT2D eigenvalue weighted by atomic mass is 9.97. The molecular weight excluding hydrogens is 452 g/mol. The zero-order chi connectivity index (χ0) is 24.6. The number of nitrogens with zero attached hydrogens (tertiary/aromatic N) is 1. The largest absolute Gasteiger partial charge is 0.495 e. The maximum absolute atomic E-state index is 13.8. The lowest BCUT2D eigenvalue weighted by molar-refractivity contribution is -0.120. The van der Waals surface area contributed by atoms with Crippen LogP contribution in [0.15, 0.2) is 47.4 Å². The summed E-state index contributed by atoms with van der Waals surface area (Å²) in [7, 11) is -2.65. The molecule has 0 radical (unpaired) electrons. The molecule has 0 unspecified atom stereocenters. The van der Waals surface area contributed by atoms with Gasteiger partial charge < -0.3 is 14.8 Å². The van der Waals surface area contributed by atoms with Crippen molar-refractivity contribution in [2.45, 2.75) is 69.7 Å². The van der Waals surface area contributed by atoms with Gasteiger partial charge in [0.25, 0.3) is 10.0 Å². The molecule has 34 heavy (non-hydrogen) atoms. The number of aryl methyl sites for hydroxylation is 1. The first-order chi connectivity index (χ1) is 16.3. The van der Waals surface area contributed by atoms with Crippen molar-refractivity contribution in [3.63, 3.8) is 0 Å². The van der Waals surface area contributed by atoms with E-state index < -0.39 is 10.0 Å². The van der Waals surface area contributed by atoms with Gasteiger partial charge in [0.05, 0.1) is 19.4 Å². The Morgan fingerprint density at radius 2 is 1.68 bits per heavy atom. The molecule has 7 nitrogen and oxygen atoms in total. The molecule has 8 heteroatoms. The Bertz CT molecular complexity index is 1050. The first-order valence-electron chi connectivity index (χ1n) is 12.0. The van der Waals surface area contributed by atoms with E-state index >= 15 is 0 Å². The van der Waals surface area contributed by atoms with Crippen molar-refractivity contribution >= 4 is 21.6 Å². The van der Waals surface area contributed by atoms with Gasteiger partial charge in [-0.3, -0.25) is 9.10 Å². The van der Waals surface area contributed by atoms with Gasteiger partial charge in [-0.2, -0.15) is 0 Å². The van der Waals surface area contributed by atoms with E-state index in [-0.39, 0.29) is 29.1 Å². The van der Waals surface area contributed by atoms with Gasteiger partial charge in [-0.05, 0) is 68.7 Å². The normalized spacial score (nSPS) is 15.1. The fourth-order valence-corrected chi connectivity index (χ4v) is 5.96. The van der Waals surface area contributed by atoms with Crippen molar-refractivity contribution in [1.29, 1.82) is 0 Å². The van der Waals surface area contributed by atoms with E-state index in [4.69, 9.17) is 9.47 Å². The molecule has 0 bridgehead atoms. The molecular formula is C26H36N2O5S. The topological polar surface area (TPSA) is 84.9 Å². The van der Waals surface area contributed by atoms with Crippen LogP contribution in [-0.4, -0.2) is 40.6 Å². The van der Waals surface area contributed by atoms with Gasteiger partial charge in [-0.25, -0.2) is 8.42 Å². The van der Waals surface area contributed by atoms with E-state index in [0.29, 0.717) is 18.0 Å². The molecule has 0 spiro atoms. The minimum absolute atomic E-state index is 0.0302. The average Bonchev–Trinajstić information content (AvgIpc) is 2.80. The maximum Gasteiger partial charge on any atom is 0.268 e. The lowest BCUT2D eigenvalue weighted by Gasteiger charge is -2.27. The Balaban J connectivity index is 1.92. The Hall–Kier alpha value is -2.74. The fourth-order valence-electron chi connectivity index (χ4n) is 4.30. The van der Waals surface area contributed by atoms with Gasteiger partial charge in [-0.15, -0.1) is 0 Å². The van der Waals surface area contributed by atoms with Crippen LogP contribution in [0.2, 0.25) is 0 Å². The summed E-state index contributed by atoms with van der Waals surface area (Å²) in [5.74, 6) is 0.562. The van der Waals surface area contributed by atoms with Crippen LogP contribution in [0.5, 0.6) is 11.5 Å². The molecule has 0 aliphatic heterocycles. The molecule has 1 N–H and O–H groups in total. The second-order valence-corrected chi connectivity index (χ2v) is 10.5. The van der Waals surface area contributed by atoms with Crippen molar-refractivity contribution in [2.24, 2.45) is 0 Å². The molecule has 3 rings (SSSR count). The molecule has 1 amide bonds. The summed E-state index contributed by atoms with van der Waals surface area (Å²) in [4.78, 5) is 13.1. The molecule has 1 saturated carbocycles. The summed E-state index contributed by atoms with van der Waals surface area (Å²) in [5.41, 5.74) is 1.17. The van der Waals surface area contributed by atoms with Crippen molar-refractivity contribution in [3.05, 3.63) is 48.0 Å². The van der Waals surface area contributed by atoms with Crippen molar-refractivity contribution < 1.29 is 22.7 Å². The predicted molar refractivity (Wildman–Crippen MR) is 134 cm³/mol. The lowest BCUT2D eigenvalue weighted by Crippen LogP contribution is -2.44. The minimum Gasteiger partial charge on any atom is -0.495 e. The van der Waals surface area contributed by atoms with E-state index in [2.05, 4.69) is 5.32 Å². The number of carbonyl (C=O) groups is 1. The summed E-state index contributed by atoms with van der Waals surface area (Å²) in [6, 6.07) is 11.8. The molecule has 0 atom stereocenters. The molecule has 2 aromatic carbocycles. The molecule has 0 saturated heterocycles. The van der Waals surface area contributed by atoms with E-state index in [1.165, 1.54) is 26.4 Å². The smallest absolute Gasteiger partial charge is 0.268 e. The highest BCUT2D eigenvalue weighted by atomic mass is 32.2. The number of hydrogen-bond acceptors (Lipinski definition) is 5. The zero-order valence-electron chi connectivity index (χ0n) is 20.4. The third kappa shape index (κ3) is 6.65. The molecule has 1 aliphatic carbocycles. The van der Waals surface area contributed by atoms with Crippen LogP contribution >= 0.6 is 0 Å². The van der Waals surface area contributed by atoms with Crippen LogP contribution in [0.1, 0.15) is 57.4 Å². The number of methoxy groups -OCH3 is 1. The number of sulfonamides is 1.